The van der Waals surface area contributed by atoms with Crippen molar-refractivity contribution < 1.29 is 9.53 Å². The molecule has 84 valence electrons. The van der Waals surface area contributed by atoms with Crippen LogP contribution in [0.4, 0.5) is 0 Å². The molecule has 0 aromatic heterocycles. The van der Waals surface area contributed by atoms with E-state index in [1.54, 1.807) is 0 Å². The molecule has 2 heteroatoms. The minimum absolute atomic E-state index is 0.00820. The number of ether oxygens (including phenoxy) is 1. The highest BCUT2D eigenvalue weighted by molar-refractivity contribution is 5.77. The molecule has 2 nitrogen and oxygen atoms in total. The van der Waals surface area contributed by atoms with Crippen LogP contribution in [0.3, 0.4) is 0 Å². The molecule has 1 saturated heterocycles. The summed E-state index contributed by atoms with van der Waals surface area (Å²) < 4.78 is 5.58. The van der Waals surface area contributed by atoms with Crippen LogP contribution in [0, 0.1) is 11.3 Å². The molecule has 0 bridgehead atoms. The number of hydrogen-bond acceptors (Lipinski definition) is 2. The largest absolute Gasteiger partial charge is 0.457 e. The number of fused-ring (bicyclic) bond motifs is 1. The highest BCUT2D eigenvalue weighted by Gasteiger charge is 2.56. The van der Waals surface area contributed by atoms with Crippen molar-refractivity contribution in [3.8, 4) is 0 Å². The van der Waals surface area contributed by atoms with Crippen LogP contribution in [0.2, 0.25) is 0 Å². The summed E-state index contributed by atoms with van der Waals surface area (Å²) in [4.78, 5) is 11.8. The Bertz CT molecular complexity index is 412. The van der Waals surface area contributed by atoms with Crippen molar-refractivity contribution in [3.05, 3.63) is 35.9 Å². The lowest BCUT2D eigenvalue weighted by Crippen LogP contribution is -2.23. The second kappa shape index (κ2) is 3.34. The van der Waals surface area contributed by atoms with E-state index in [9.17, 15) is 4.79 Å². The van der Waals surface area contributed by atoms with E-state index in [1.165, 1.54) is 0 Å². The second-order valence-electron chi connectivity index (χ2n) is 5.18. The first kappa shape index (κ1) is 9.88. The van der Waals surface area contributed by atoms with Crippen LogP contribution in [-0.2, 0) is 9.53 Å². The Hall–Kier alpha value is -1.31. The van der Waals surface area contributed by atoms with Crippen molar-refractivity contribution in [2.45, 2.75) is 32.3 Å². The molecule has 1 aromatic rings. The van der Waals surface area contributed by atoms with Gasteiger partial charge in [-0.15, -0.1) is 0 Å². The first-order valence-electron chi connectivity index (χ1n) is 5.97. The molecule has 1 aliphatic carbocycles. The third-order valence-corrected chi connectivity index (χ3v) is 4.22. The van der Waals surface area contributed by atoms with E-state index >= 15 is 0 Å². The molecule has 0 radical (unpaired) electrons. The summed E-state index contributed by atoms with van der Waals surface area (Å²) in [5.41, 5.74) is 1.17. The fourth-order valence-electron chi connectivity index (χ4n) is 3.30. The van der Waals surface area contributed by atoms with Crippen molar-refractivity contribution in [3.63, 3.8) is 0 Å². The van der Waals surface area contributed by atoms with E-state index in [1.807, 2.05) is 18.2 Å². The number of esters is 1. The first-order chi connectivity index (χ1) is 7.72. The first-order valence-corrected chi connectivity index (χ1v) is 5.97. The second-order valence-corrected chi connectivity index (χ2v) is 5.18. The number of cyclic esters (lactones) is 1. The third-order valence-electron chi connectivity index (χ3n) is 4.22. The summed E-state index contributed by atoms with van der Waals surface area (Å²) in [6, 6.07) is 10.1. The Morgan fingerprint density at radius 2 is 2.06 bits per heavy atom. The number of hydrogen-bond donors (Lipinski definition) is 0. The van der Waals surface area contributed by atoms with Gasteiger partial charge in [-0.25, -0.2) is 0 Å². The Labute approximate surface area is 95.6 Å². The predicted molar refractivity (Wildman–Crippen MR) is 60.7 cm³/mol. The van der Waals surface area contributed by atoms with Gasteiger partial charge in [-0.1, -0.05) is 43.7 Å². The predicted octanol–water partition coefficient (Wildman–Crippen LogP) is 3.09. The Morgan fingerprint density at radius 3 is 2.81 bits per heavy atom. The smallest absolute Gasteiger partial charge is 0.310 e. The van der Waals surface area contributed by atoms with Gasteiger partial charge in [0.25, 0.3) is 0 Å². The maximum absolute atomic E-state index is 11.8. The lowest BCUT2D eigenvalue weighted by molar-refractivity contribution is -0.144. The molecular weight excluding hydrogens is 200 g/mol. The molecule has 3 rings (SSSR count). The number of rotatable bonds is 1. The zero-order chi connectivity index (χ0) is 11.2. The maximum atomic E-state index is 11.8. The molecule has 2 fully saturated rings. The average Bonchev–Trinajstić information content (AvgIpc) is 2.79. The van der Waals surface area contributed by atoms with E-state index in [0.29, 0.717) is 0 Å². The standard InChI is InChI=1S/C14H16O2/c1-14-9-5-8-11(14)13(15)16-12(14)10-6-3-2-4-7-10/h2-4,6-7,11-12H,5,8-9H2,1H3/t11-,12+,14-/m0/s1. The minimum atomic E-state index is -0.0336. The minimum Gasteiger partial charge on any atom is -0.457 e. The van der Waals surface area contributed by atoms with Gasteiger partial charge in [-0.2, -0.15) is 0 Å². The summed E-state index contributed by atoms with van der Waals surface area (Å²) in [5.74, 6) is 0.131. The highest BCUT2D eigenvalue weighted by atomic mass is 16.6. The van der Waals surface area contributed by atoms with E-state index in [-0.39, 0.29) is 23.4 Å². The normalized spacial score (nSPS) is 37.2. The van der Waals surface area contributed by atoms with Crippen LogP contribution in [-0.4, -0.2) is 5.97 Å². The molecule has 0 N–H and O–H groups in total. The zero-order valence-electron chi connectivity index (χ0n) is 9.48. The molecule has 0 unspecified atom stereocenters. The van der Waals surface area contributed by atoms with Crippen LogP contribution < -0.4 is 0 Å². The highest BCUT2D eigenvalue weighted by Crippen LogP contribution is 2.57. The van der Waals surface area contributed by atoms with E-state index in [2.05, 4.69) is 19.1 Å². The Balaban J connectivity index is 2.00. The van der Waals surface area contributed by atoms with Crippen molar-refractivity contribution >= 4 is 5.97 Å². The van der Waals surface area contributed by atoms with Gasteiger partial charge >= 0.3 is 5.97 Å². The van der Waals surface area contributed by atoms with Gasteiger partial charge in [-0.3, -0.25) is 4.79 Å². The molecule has 16 heavy (non-hydrogen) atoms. The summed E-state index contributed by atoms with van der Waals surface area (Å²) in [6.45, 7) is 2.20. The van der Waals surface area contributed by atoms with E-state index in [0.717, 1.165) is 24.8 Å². The summed E-state index contributed by atoms with van der Waals surface area (Å²) in [7, 11) is 0. The fourth-order valence-corrected chi connectivity index (χ4v) is 3.30. The number of carbonyl (C=O) groups excluding carboxylic acids is 1. The lowest BCUT2D eigenvalue weighted by Gasteiger charge is -2.27. The third kappa shape index (κ3) is 1.22. The van der Waals surface area contributed by atoms with Crippen LogP contribution in [0.5, 0.6) is 0 Å². The van der Waals surface area contributed by atoms with Crippen molar-refractivity contribution in [2.24, 2.45) is 11.3 Å². The summed E-state index contributed by atoms with van der Waals surface area (Å²) in [6.07, 6.45) is 3.22. The molecule has 1 heterocycles. The molecule has 1 aromatic carbocycles. The van der Waals surface area contributed by atoms with Gasteiger partial charge in [-0.05, 0) is 18.4 Å². The zero-order valence-corrected chi connectivity index (χ0v) is 9.48. The van der Waals surface area contributed by atoms with E-state index < -0.39 is 0 Å². The topological polar surface area (TPSA) is 26.3 Å². The Morgan fingerprint density at radius 1 is 1.31 bits per heavy atom. The SMILES string of the molecule is C[C@]12CCC[C@H]1C(=O)O[C@@H]2c1ccccc1. The van der Waals surface area contributed by atoms with Gasteiger partial charge in [0, 0.05) is 5.41 Å². The fraction of sp³-hybridized carbons (Fsp3) is 0.500. The van der Waals surface area contributed by atoms with Gasteiger partial charge in [0.15, 0.2) is 0 Å². The lowest BCUT2D eigenvalue weighted by atomic mass is 9.75. The molecule has 1 aliphatic heterocycles. The molecule has 1 saturated carbocycles. The monoisotopic (exact) mass is 216 g/mol. The quantitative estimate of drug-likeness (QED) is 0.674. The van der Waals surface area contributed by atoms with Gasteiger partial charge in [0.2, 0.25) is 0 Å². The van der Waals surface area contributed by atoms with Crippen molar-refractivity contribution in [1.82, 2.24) is 0 Å². The molecule has 3 atom stereocenters. The number of benzene rings is 1. The van der Waals surface area contributed by atoms with Crippen LogP contribution in [0.25, 0.3) is 0 Å². The molecular formula is C14H16O2. The van der Waals surface area contributed by atoms with Gasteiger partial charge < -0.3 is 4.74 Å². The molecule has 2 aliphatic rings. The van der Waals surface area contributed by atoms with Gasteiger partial charge in [0.05, 0.1) is 5.92 Å². The maximum Gasteiger partial charge on any atom is 0.310 e. The van der Waals surface area contributed by atoms with E-state index in [4.69, 9.17) is 4.74 Å². The van der Waals surface area contributed by atoms with Gasteiger partial charge in [0.1, 0.15) is 6.10 Å². The van der Waals surface area contributed by atoms with Crippen molar-refractivity contribution in [2.75, 3.05) is 0 Å². The summed E-state index contributed by atoms with van der Waals surface area (Å²) >= 11 is 0. The van der Waals surface area contributed by atoms with Crippen LogP contribution >= 0.6 is 0 Å². The van der Waals surface area contributed by atoms with Crippen molar-refractivity contribution in [1.29, 1.82) is 0 Å². The average molecular weight is 216 g/mol. The Kier molecular flexibility index (Phi) is 2.06. The summed E-state index contributed by atoms with van der Waals surface area (Å²) in [5, 5.41) is 0. The van der Waals surface area contributed by atoms with Crippen LogP contribution in [0.1, 0.15) is 37.9 Å². The molecule has 0 amide bonds. The number of carbonyl (C=O) groups is 1. The molecule has 0 spiro atoms. The van der Waals surface area contributed by atoms with Crippen LogP contribution in [0.15, 0.2) is 30.3 Å².